The number of epoxide rings is 1. The fraction of sp³-hybridized carbons (Fsp3) is 0.294. The second kappa shape index (κ2) is 5.84. The van der Waals surface area contributed by atoms with Crippen LogP contribution in [0.5, 0.6) is 0 Å². The third kappa shape index (κ3) is 2.50. The lowest BCUT2D eigenvalue weighted by Gasteiger charge is -2.27. The molecule has 3 heteroatoms. The Morgan fingerprint density at radius 2 is 1.45 bits per heavy atom. The van der Waals surface area contributed by atoms with Crippen LogP contribution in [0.3, 0.4) is 0 Å². The van der Waals surface area contributed by atoms with E-state index >= 15 is 0 Å². The first-order valence-electron chi connectivity index (χ1n) is 7.09. The van der Waals surface area contributed by atoms with Gasteiger partial charge in [-0.2, -0.15) is 0 Å². The van der Waals surface area contributed by atoms with Crippen LogP contribution in [-0.4, -0.2) is 25.2 Å². The van der Waals surface area contributed by atoms with Crippen LogP contribution in [0.2, 0.25) is 6.55 Å². The van der Waals surface area contributed by atoms with Gasteiger partial charge in [0.25, 0.3) is 0 Å². The Balaban J connectivity index is 2.01. The van der Waals surface area contributed by atoms with Crippen molar-refractivity contribution in [3.8, 4) is 0 Å². The number of benzene rings is 2. The molecule has 0 N–H and O–H groups in total. The fourth-order valence-corrected chi connectivity index (χ4v) is 7.61. The molecule has 0 bridgehead atoms. The van der Waals surface area contributed by atoms with Gasteiger partial charge in [-0.15, -0.1) is 0 Å². The van der Waals surface area contributed by atoms with E-state index in [9.17, 15) is 0 Å². The van der Waals surface area contributed by atoms with Gasteiger partial charge in [-0.3, -0.25) is 0 Å². The van der Waals surface area contributed by atoms with Crippen molar-refractivity contribution in [2.75, 3.05) is 5.33 Å². The minimum absolute atomic E-state index is 0.407. The Bertz CT molecular complexity index is 518. The number of hydrogen-bond donors (Lipinski definition) is 0. The van der Waals surface area contributed by atoms with Crippen LogP contribution in [0, 0.1) is 0 Å². The van der Waals surface area contributed by atoms with E-state index in [0.717, 1.165) is 11.8 Å². The quantitative estimate of drug-likeness (QED) is 0.460. The largest absolute Gasteiger partial charge is 0.372 e. The molecule has 2 aromatic rings. The molecule has 1 nitrogen and oxygen atoms in total. The summed E-state index contributed by atoms with van der Waals surface area (Å²) >= 11 is 3.53. The summed E-state index contributed by atoms with van der Waals surface area (Å²) < 4.78 is 6.06. The summed E-state index contributed by atoms with van der Waals surface area (Å²) in [5.74, 6) is 0. The molecule has 1 aliphatic heterocycles. The minimum atomic E-state index is -1.81. The molecule has 104 valence electrons. The first-order chi connectivity index (χ1) is 9.76. The summed E-state index contributed by atoms with van der Waals surface area (Å²) in [6.07, 6.45) is 1.53. The van der Waals surface area contributed by atoms with Crippen molar-refractivity contribution in [2.24, 2.45) is 0 Å². The highest BCUT2D eigenvalue weighted by atomic mass is 79.9. The fourth-order valence-electron chi connectivity index (χ4n) is 3.04. The van der Waals surface area contributed by atoms with E-state index in [1.165, 1.54) is 10.4 Å². The van der Waals surface area contributed by atoms with Crippen LogP contribution in [-0.2, 0) is 4.74 Å². The van der Waals surface area contributed by atoms with Crippen LogP contribution in [0.25, 0.3) is 0 Å². The van der Waals surface area contributed by atoms with Crippen LogP contribution < -0.4 is 10.4 Å². The van der Waals surface area contributed by atoms with Crippen molar-refractivity contribution in [1.29, 1.82) is 0 Å². The Labute approximate surface area is 130 Å². The van der Waals surface area contributed by atoms with E-state index in [4.69, 9.17) is 4.74 Å². The molecule has 0 amide bonds. The molecule has 1 fully saturated rings. The third-order valence-corrected chi connectivity index (χ3v) is 9.46. The molecule has 0 aromatic heterocycles. The van der Waals surface area contributed by atoms with Gasteiger partial charge >= 0.3 is 0 Å². The first-order valence-corrected chi connectivity index (χ1v) is 10.8. The molecule has 1 aliphatic rings. The minimum Gasteiger partial charge on any atom is -0.372 e. The highest BCUT2D eigenvalue weighted by Gasteiger charge is 2.54. The van der Waals surface area contributed by atoms with Crippen LogP contribution >= 0.6 is 15.9 Å². The number of halogens is 1. The molecule has 0 spiro atoms. The van der Waals surface area contributed by atoms with Gasteiger partial charge in [0.1, 0.15) is 8.07 Å². The number of ether oxygens (including phenoxy) is 1. The van der Waals surface area contributed by atoms with Crippen molar-refractivity contribution >= 4 is 34.4 Å². The topological polar surface area (TPSA) is 12.5 Å². The second-order valence-electron chi connectivity index (χ2n) is 5.51. The Kier molecular flexibility index (Phi) is 4.10. The van der Waals surface area contributed by atoms with E-state index in [2.05, 4.69) is 83.1 Å². The zero-order valence-electron chi connectivity index (χ0n) is 11.6. The molecule has 0 unspecified atom stereocenters. The van der Waals surface area contributed by atoms with Gasteiger partial charge in [-0.05, 0) is 6.42 Å². The highest BCUT2D eigenvalue weighted by molar-refractivity contribution is 9.09. The number of alkyl halides is 1. The molecule has 3 rings (SSSR count). The van der Waals surface area contributed by atoms with E-state index in [1.54, 1.807) is 0 Å². The maximum Gasteiger partial charge on any atom is 0.149 e. The lowest BCUT2D eigenvalue weighted by atomic mass is 10.4. The summed E-state index contributed by atoms with van der Waals surface area (Å²) in [6.45, 7) is 2.44. The summed E-state index contributed by atoms with van der Waals surface area (Å²) in [5.41, 5.74) is 0.407. The average molecular weight is 347 g/mol. The maximum absolute atomic E-state index is 6.06. The summed E-state index contributed by atoms with van der Waals surface area (Å²) in [6, 6.07) is 21.8. The van der Waals surface area contributed by atoms with E-state index in [0.29, 0.717) is 11.8 Å². The smallest absolute Gasteiger partial charge is 0.149 e. The number of hydrogen-bond acceptors (Lipinski definition) is 1. The summed E-state index contributed by atoms with van der Waals surface area (Å²) in [5, 5.41) is 3.95. The van der Waals surface area contributed by atoms with Gasteiger partial charge < -0.3 is 4.74 Å². The zero-order chi connectivity index (χ0) is 14.0. The molecule has 0 radical (unpaired) electrons. The average Bonchev–Trinajstić information content (AvgIpc) is 3.28. The summed E-state index contributed by atoms with van der Waals surface area (Å²) in [4.78, 5) is 0. The maximum atomic E-state index is 6.06. The SMILES string of the molecule is C[Si](c1ccccc1)(c1ccccc1)[C@H]1O[C@@H]1CCBr. The zero-order valence-corrected chi connectivity index (χ0v) is 14.2. The predicted molar refractivity (Wildman–Crippen MR) is 90.8 cm³/mol. The molecule has 2 aromatic carbocycles. The lowest BCUT2D eigenvalue weighted by Crippen LogP contribution is -2.61. The van der Waals surface area contributed by atoms with Crippen LogP contribution in [0.4, 0.5) is 0 Å². The molecule has 1 saturated heterocycles. The van der Waals surface area contributed by atoms with Gasteiger partial charge in [0.2, 0.25) is 0 Å². The van der Waals surface area contributed by atoms with E-state index < -0.39 is 8.07 Å². The van der Waals surface area contributed by atoms with Gasteiger partial charge in [0.15, 0.2) is 0 Å². The van der Waals surface area contributed by atoms with Gasteiger partial charge in [-0.25, -0.2) is 0 Å². The normalized spacial score (nSPS) is 21.7. The number of rotatable bonds is 5. The van der Waals surface area contributed by atoms with E-state index in [1.807, 2.05) is 0 Å². The van der Waals surface area contributed by atoms with Crippen molar-refractivity contribution < 1.29 is 4.74 Å². The molecule has 0 aliphatic carbocycles. The van der Waals surface area contributed by atoms with Gasteiger partial charge in [-0.1, -0.05) is 93.5 Å². The molecule has 0 saturated carbocycles. The highest BCUT2D eigenvalue weighted by Crippen LogP contribution is 2.33. The molecule has 1 heterocycles. The Morgan fingerprint density at radius 3 is 1.90 bits per heavy atom. The second-order valence-corrected chi connectivity index (χ2v) is 10.4. The lowest BCUT2D eigenvalue weighted by molar-refractivity contribution is 0.392. The van der Waals surface area contributed by atoms with Crippen molar-refractivity contribution in [1.82, 2.24) is 0 Å². The van der Waals surface area contributed by atoms with Crippen molar-refractivity contribution in [3.05, 3.63) is 60.7 Å². The van der Waals surface area contributed by atoms with Crippen molar-refractivity contribution in [3.63, 3.8) is 0 Å². The van der Waals surface area contributed by atoms with E-state index in [-0.39, 0.29) is 0 Å². The summed E-state index contributed by atoms with van der Waals surface area (Å²) in [7, 11) is -1.81. The van der Waals surface area contributed by atoms with Crippen molar-refractivity contribution in [2.45, 2.75) is 24.8 Å². The molecular formula is C17H19BrOSi. The predicted octanol–water partition coefficient (Wildman–Crippen LogP) is 2.97. The standard InChI is InChI=1S/C17H19BrOSi/c1-20(14-8-4-2-5-9-14,15-10-6-3-7-11-15)17-16(19-17)12-13-18/h2-11,16-17H,12-13H2,1H3/t16-,17-/m1/s1. The Morgan fingerprint density at radius 1 is 0.950 bits per heavy atom. The molecular weight excluding hydrogens is 328 g/mol. The van der Waals surface area contributed by atoms with Crippen LogP contribution in [0.1, 0.15) is 6.42 Å². The van der Waals surface area contributed by atoms with Gasteiger partial charge in [0.05, 0.1) is 11.8 Å². The molecule has 2 atom stereocenters. The molecule has 20 heavy (non-hydrogen) atoms. The van der Waals surface area contributed by atoms with Gasteiger partial charge in [0, 0.05) is 5.33 Å². The third-order valence-electron chi connectivity index (χ3n) is 4.29. The Hall–Kier alpha value is -0.903. The monoisotopic (exact) mass is 346 g/mol. The first kappa shape index (κ1) is 14.1. The van der Waals surface area contributed by atoms with Crippen LogP contribution in [0.15, 0.2) is 60.7 Å².